The van der Waals surface area contributed by atoms with Crippen LogP contribution in [-0.2, 0) is 0 Å². The molecule has 1 saturated carbocycles. The highest BCUT2D eigenvalue weighted by Crippen LogP contribution is 2.30. The number of carbonyl (C=O) groups is 1. The van der Waals surface area contributed by atoms with Gasteiger partial charge in [-0.05, 0) is 44.0 Å². The van der Waals surface area contributed by atoms with E-state index in [1.165, 1.54) is 5.56 Å². The summed E-state index contributed by atoms with van der Waals surface area (Å²) in [5, 5.41) is 4.84. The number of amides is 1. The molecule has 1 fully saturated rings. The van der Waals surface area contributed by atoms with Crippen molar-refractivity contribution in [2.24, 2.45) is 0 Å². The van der Waals surface area contributed by atoms with Crippen LogP contribution in [0.1, 0.15) is 28.8 Å². The molecular formula is C20H18N2OS. The molecule has 0 unspecified atom stereocenters. The molecule has 0 atom stereocenters. The highest BCUT2D eigenvalue weighted by Gasteiger charge is 2.25. The molecule has 1 aromatic heterocycles. The number of nitrogens with zero attached hydrogens (tertiary/aromatic N) is 1. The van der Waals surface area contributed by atoms with E-state index in [0.717, 1.165) is 33.7 Å². The molecule has 0 radical (unpaired) electrons. The third kappa shape index (κ3) is 3.29. The fourth-order valence-corrected chi connectivity index (χ4v) is 3.44. The number of aryl methyl sites for hydroxylation is 1. The maximum Gasteiger partial charge on any atom is 0.252 e. The zero-order valence-electron chi connectivity index (χ0n) is 13.5. The summed E-state index contributed by atoms with van der Waals surface area (Å²) in [5.41, 5.74) is 2.80. The molecule has 0 spiro atoms. The molecule has 3 nitrogen and oxygen atoms in total. The van der Waals surface area contributed by atoms with Crippen LogP contribution in [-0.4, -0.2) is 16.9 Å². The number of fused-ring (bicyclic) bond motifs is 1. The highest BCUT2D eigenvalue weighted by atomic mass is 32.2. The zero-order valence-corrected chi connectivity index (χ0v) is 14.3. The van der Waals surface area contributed by atoms with Crippen LogP contribution in [0.5, 0.6) is 0 Å². The Morgan fingerprint density at radius 3 is 2.62 bits per heavy atom. The summed E-state index contributed by atoms with van der Waals surface area (Å²) in [4.78, 5) is 18.4. The van der Waals surface area contributed by atoms with Gasteiger partial charge in [-0.25, -0.2) is 4.98 Å². The summed E-state index contributed by atoms with van der Waals surface area (Å²) < 4.78 is 0. The number of carbonyl (C=O) groups excluding carboxylic acids is 1. The number of nitrogens with one attached hydrogen (secondary N) is 1. The predicted octanol–water partition coefficient (Wildman–Crippen LogP) is 4.59. The molecule has 1 aliphatic rings. The Morgan fingerprint density at radius 1 is 1.12 bits per heavy atom. The van der Waals surface area contributed by atoms with E-state index in [0.29, 0.717) is 11.6 Å². The maximum atomic E-state index is 12.6. The van der Waals surface area contributed by atoms with Crippen LogP contribution < -0.4 is 5.32 Å². The molecule has 4 heteroatoms. The van der Waals surface area contributed by atoms with Gasteiger partial charge in [0.05, 0.1) is 11.1 Å². The normalized spacial score (nSPS) is 13.9. The summed E-state index contributed by atoms with van der Waals surface area (Å²) in [6, 6.07) is 18.4. The van der Waals surface area contributed by atoms with Crippen molar-refractivity contribution in [1.82, 2.24) is 10.3 Å². The summed E-state index contributed by atoms with van der Waals surface area (Å²) >= 11 is 1.59. The number of pyridine rings is 1. The van der Waals surface area contributed by atoms with Gasteiger partial charge in [0.2, 0.25) is 0 Å². The van der Waals surface area contributed by atoms with Gasteiger partial charge in [0.15, 0.2) is 0 Å². The molecule has 3 aromatic rings. The van der Waals surface area contributed by atoms with Gasteiger partial charge in [0.1, 0.15) is 5.03 Å². The number of aromatic nitrogens is 1. The topological polar surface area (TPSA) is 42.0 Å². The number of rotatable bonds is 4. The van der Waals surface area contributed by atoms with E-state index in [9.17, 15) is 4.79 Å². The quantitative estimate of drug-likeness (QED) is 0.759. The monoisotopic (exact) mass is 334 g/mol. The highest BCUT2D eigenvalue weighted by molar-refractivity contribution is 7.99. The Balaban J connectivity index is 1.72. The summed E-state index contributed by atoms with van der Waals surface area (Å²) in [7, 11) is 0. The minimum absolute atomic E-state index is 0.00172. The second kappa shape index (κ2) is 6.29. The van der Waals surface area contributed by atoms with E-state index in [-0.39, 0.29) is 5.91 Å². The standard InChI is InChI=1S/C20H18N2OS/c1-13-6-10-15(11-7-13)24-19-12-17(20(23)21-14-8-9-14)16-4-2-3-5-18(16)22-19/h2-7,10-12,14H,8-9H2,1H3,(H,21,23). The van der Waals surface area contributed by atoms with Gasteiger partial charge >= 0.3 is 0 Å². The van der Waals surface area contributed by atoms with E-state index in [1.54, 1.807) is 11.8 Å². The smallest absolute Gasteiger partial charge is 0.252 e. The van der Waals surface area contributed by atoms with Crippen LogP contribution in [0.15, 0.2) is 64.5 Å². The molecule has 0 saturated heterocycles. The Kier molecular flexibility index (Phi) is 3.98. The third-order valence-electron chi connectivity index (χ3n) is 4.09. The van der Waals surface area contributed by atoms with E-state index < -0.39 is 0 Å². The lowest BCUT2D eigenvalue weighted by Crippen LogP contribution is -2.25. The molecule has 24 heavy (non-hydrogen) atoms. The van der Waals surface area contributed by atoms with Gasteiger partial charge in [-0.2, -0.15) is 0 Å². The van der Waals surface area contributed by atoms with E-state index in [2.05, 4.69) is 36.5 Å². The van der Waals surface area contributed by atoms with Crippen molar-refractivity contribution in [2.45, 2.75) is 35.7 Å². The molecule has 0 bridgehead atoms. The third-order valence-corrected chi connectivity index (χ3v) is 5.02. The predicted molar refractivity (Wildman–Crippen MR) is 97.5 cm³/mol. The Labute approximate surface area is 145 Å². The second-order valence-electron chi connectivity index (χ2n) is 6.19. The molecule has 1 amide bonds. The number of benzene rings is 2. The largest absolute Gasteiger partial charge is 0.349 e. The number of hydrogen-bond acceptors (Lipinski definition) is 3. The van der Waals surface area contributed by atoms with Crippen LogP contribution >= 0.6 is 11.8 Å². The summed E-state index contributed by atoms with van der Waals surface area (Å²) in [6.07, 6.45) is 2.17. The van der Waals surface area contributed by atoms with Crippen LogP contribution in [0, 0.1) is 6.92 Å². The van der Waals surface area contributed by atoms with Crippen molar-refractivity contribution in [2.75, 3.05) is 0 Å². The number of hydrogen-bond donors (Lipinski definition) is 1. The fourth-order valence-electron chi connectivity index (χ4n) is 2.61. The molecular weight excluding hydrogens is 316 g/mol. The van der Waals surface area contributed by atoms with Crippen molar-refractivity contribution in [3.8, 4) is 0 Å². The molecule has 1 heterocycles. The minimum Gasteiger partial charge on any atom is -0.349 e. The molecule has 1 N–H and O–H groups in total. The lowest BCUT2D eigenvalue weighted by atomic mass is 10.1. The molecule has 1 aliphatic carbocycles. The van der Waals surface area contributed by atoms with E-state index >= 15 is 0 Å². The first-order chi connectivity index (χ1) is 11.7. The average Bonchev–Trinajstić information content (AvgIpc) is 3.40. The van der Waals surface area contributed by atoms with Crippen molar-refractivity contribution >= 4 is 28.6 Å². The Bertz CT molecular complexity index is 901. The molecule has 0 aliphatic heterocycles. The first-order valence-electron chi connectivity index (χ1n) is 8.14. The lowest BCUT2D eigenvalue weighted by molar-refractivity contribution is 0.0952. The second-order valence-corrected chi connectivity index (χ2v) is 7.28. The lowest BCUT2D eigenvalue weighted by Gasteiger charge is -2.10. The van der Waals surface area contributed by atoms with Gasteiger partial charge < -0.3 is 5.32 Å². The number of para-hydroxylation sites is 1. The van der Waals surface area contributed by atoms with Gasteiger partial charge in [-0.1, -0.05) is 47.7 Å². The van der Waals surface area contributed by atoms with Crippen molar-refractivity contribution < 1.29 is 4.79 Å². The van der Waals surface area contributed by atoms with Gasteiger partial charge in [0.25, 0.3) is 5.91 Å². The van der Waals surface area contributed by atoms with E-state index in [1.807, 2.05) is 30.3 Å². The zero-order chi connectivity index (χ0) is 16.5. The first kappa shape index (κ1) is 15.2. The summed E-state index contributed by atoms with van der Waals surface area (Å²) in [6.45, 7) is 2.07. The summed E-state index contributed by atoms with van der Waals surface area (Å²) in [5.74, 6) is 0.00172. The maximum absolute atomic E-state index is 12.6. The van der Waals surface area contributed by atoms with Gasteiger partial charge in [0, 0.05) is 16.3 Å². The van der Waals surface area contributed by atoms with Gasteiger partial charge in [-0.15, -0.1) is 0 Å². The minimum atomic E-state index is 0.00172. The SMILES string of the molecule is Cc1ccc(Sc2cc(C(=O)NC3CC3)c3ccccc3n2)cc1. The average molecular weight is 334 g/mol. The van der Waals surface area contributed by atoms with E-state index in [4.69, 9.17) is 4.98 Å². The van der Waals surface area contributed by atoms with Crippen LogP contribution in [0.25, 0.3) is 10.9 Å². The first-order valence-corrected chi connectivity index (χ1v) is 8.96. The van der Waals surface area contributed by atoms with Crippen molar-refractivity contribution in [3.05, 3.63) is 65.7 Å². The van der Waals surface area contributed by atoms with Crippen molar-refractivity contribution in [3.63, 3.8) is 0 Å². The molecule has 4 rings (SSSR count). The fraction of sp³-hybridized carbons (Fsp3) is 0.200. The molecule has 120 valence electrons. The Hall–Kier alpha value is -2.33. The van der Waals surface area contributed by atoms with Crippen molar-refractivity contribution in [1.29, 1.82) is 0 Å². The van der Waals surface area contributed by atoms with Crippen LogP contribution in [0.2, 0.25) is 0 Å². The van der Waals surface area contributed by atoms with Crippen LogP contribution in [0.4, 0.5) is 0 Å². The van der Waals surface area contributed by atoms with Gasteiger partial charge in [-0.3, -0.25) is 4.79 Å². The Morgan fingerprint density at radius 2 is 1.88 bits per heavy atom. The van der Waals surface area contributed by atoms with Crippen LogP contribution in [0.3, 0.4) is 0 Å². The molecule has 2 aromatic carbocycles.